The number of carbonyl (C=O) groups excluding carboxylic acids is 1. The van der Waals surface area contributed by atoms with Crippen LogP contribution in [0.1, 0.15) is 20.8 Å². The van der Waals surface area contributed by atoms with Crippen molar-refractivity contribution in [2.24, 2.45) is 0 Å². The number of carboxylic acids is 1. The van der Waals surface area contributed by atoms with Crippen LogP contribution >= 0.6 is 11.6 Å². The van der Waals surface area contributed by atoms with Crippen LogP contribution in [0.15, 0.2) is 0 Å². The first-order chi connectivity index (χ1) is 6.07. The zero-order valence-electron chi connectivity index (χ0n) is 6.50. The van der Waals surface area contributed by atoms with Crippen LogP contribution in [0.25, 0.3) is 0 Å². The van der Waals surface area contributed by atoms with Crippen LogP contribution in [0.5, 0.6) is 0 Å². The number of ether oxygens (including phenoxy) is 1. The Balaban J connectivity index is 3.22. The topological polar surface area (TPSA) is 92.3 Å². The number of H-pyrrole nitrogens is 1. The molecule has 0 aliphatic rings. The molecule has 0 atom stereocenters. The first-order valence-electron chi connectivity index (χ1n) is 3.13. The van der Waals surface area contributed by atoms with Crippen molar-refractivity contribution in [2.75, 3.05) is 7.11 Å². The fourth-order valence-corrected chi connectivity index (χ4v) is 0.973. The summed E-state index contributed by atoms with van der Waals surface area (Å²) in [6.45, 7) is 0. The summed E-state index contributed by atoms with van der Waals surface area (Å²) in [6.07, 6.45) is 0. The summed E-state index contributed by atoms with van der Waals surface area (Å²) in [5.41, 5.74) is -0.714. The second kappa shape index (κ2) is 3.44. The Kier molecular flexibility index (Phi) is 2.52. The van der Waals surface area contributed by atoms with Gasteiger partial charge in [-0.25, -0.2) is 9.59 Å². The van der Waals surface area contributed by atoms with E-state index in [-0.39, 0.29) is 16.4 Å². The van der Waals surface area contributed by atoms with Crippen LogP contribution in [0.4, 0.5) is 0 Å². The highest BCUT2D eigenvalue weighted by Crippen LogP contribution is 2.16. The number of hydrogen-bond donors (Lipinski definition) is 2. The van der Waals surface area contributed by atoms with Crippen LogP contribution in [-0.2, 0) is 4.74 Å². The molecule has 1 aromatic rings. The summed E-state index contributed by atoms with van der Waals surface area (Å²) in [4.78, 5) is 21.5. The Morgan fingerprint density at radius 3 is 2.69 bits per heavy atom. The lowest BCUT2D eigenvalue weighted by Gasteiger charge is -1.94. The third-order valence-corrected chi connectivity index (χ3v) is 1.59. The van der Waals surface area contributed by atoms with Gasteiger partial charge in [-0.05, 0) is 0 Å². The molecule has 13 heavy (non-hydrogen) atoms. The van der Waals surface area contributed by atoms with E-state index in [1.165, 1.54) is 0 Å². The van der Waals surface area contributed by atoms with Gasteiger partial charge in [-0.15, -0.1) is 0 Å². The number of nitrogens with one attached hydrogen (secondary N) is 1. The smallest absolute Gasteiger partial charge is 0.359 e. The highest BCUT2D eigenvalue weighted by molar-refractivity contribution is 6.33. The monoisotopic (exact) mass is 204 g/mol. The molecule has 0 saturated carbocycles. The minimum absolute atomic E-state index is 0.201. The zero-order chi connectivity index (χ0) is 10.0. The van der Waals surface area contributed by atoms with E-state index in [2.05, 4.69) is 14.9 Å². The molecule has 0 amide bonds. The predicted octanol–water partition coefficient (Wildman–Crippen LogP) is 0.548. The number of carboxylic acid groups (broad SMARTS) is 1. The van der Waals surface area contributed by atoms with Crippen molar-refractivity contribution >= 4 is 23.5 Å². The third kappa shape index (κ3) is 1.62. The van der Waals surface area contributed by atoms with Crippen LogP contribution in [0.3, 0.4) is 0 Å². The molecule has 0 bridgehead atoms. The lowest BCUT2D eigenvalue weighted by atomic mass is 10.2. The quantitative estimate of drug-likeness (QED) is 0.687. The number of halogens is 1. The van der Waals surface area contributed by atoms with Gasteiger partial charge >= 0.3 is 11.9 Å². The molecule has 0 fully saturated rings. The lowest BCUT2D eigenvalue weighted by Crippen LogP contribution is -2.08. The zero-order valence-corrected chi connectivity index (χ0v) is 7.25. The number of esters is 1. The minimum Gasteiger partial charge on any atom is -0.477 e. The average Bonchev–Trinajstić information content (AvgIpc) is 2.45. The fraction of sp³-hybridized carbons (Fsp3) is 0.167. The van der Waals surface area contributed by atoms with Crippen LogP contribution in [-0.4, -0.2) is 34.4 Å². The number of nitrogens with zero attached hydrogens (tertiary/aromatic N) is 1. The van der Waals surface area contributed by atoms with Crippen molar-refractivity contribution in [1.82, 2.24) is 10.2 Å². The Hall–Kier alpha value is -1.56. The first kappa shape index (κ1) is 9.53. The van der Waals surface area contributed by atoms with Gasteiger partial charge in [0.1, 0.15) is 10.7 Å². The molecule has 1 heterocycles. The first-order valence-corrected chi connectivity index (χ1v) is 3.51. The number of aromatic carboxylic acids is 1. The normalized spacial score (nSPS) is 9.69. The van der Waals surface area contributed by atoms with Gasteiger partial charge in [0.2, 0.25) is 0 Å². The molecular weight excluding hydrogens is 200 g/mol. The Labute approximate surface area is 77.5 Å². The van der Waals surface area contributed by atoms with E-state index in [9.17, 15) is 9.59 Å². The third-order valence-electron chi connectivity index (χ3n) is 1.31. The summed E-state index contributed by atoms with van der Waals surface area (Å²) < 4.78 is 4.30. The molecule has 0 aliphatic heterocycles. The lowest BCUT2D eigenvalue weighted by molar-refractivity contribution is 0.0577. The minimum atomic E-state index is -1.33. The van der Waals surface area contributed by atoms with Crippen molar-refractivity contribution in [2.45, 2.75) is 0 Å². The van der Waals surface area contributed by atoms with Gasteiger partial charge in [-0.2, -0.15) is 5.10 Å². The molecule has 2 N–H and O–H groups in total. The molecule has 0 spiro atoms. The SMILES string of the molecule is COC(=O)c1n[nH]c(Cl)c1C(=O)O. The van der Waals surface area contributed by atoms with E-state index < -0.39 is 11.9 Å². The maximum absolute atomic E-state index is 10.9. The van der Waals surface area contributed by atoms with Gasteiger partial charge in [0, 0.05) is 0 Å². The van der Waals surface area contributed by atoms with E-state index in [1.54, 1.807) is 0 Å². The molecule has 7 heteroatoms. The number of carbonyl (C=O) groups is 2. The summed E-state index contributed by atoms with van der Waals surface area (Å²) >= 11 is 5.43. The van der Waals surface area contributed by atoms with Gasteiger partial charge in [0.25, 0.3) is 0 Å². The second-order valence-electron chi connectivity index (χ2n) is 2.06. The molecule has 0 saturated heterocycles. The van der Waals surface area contributed by atoms with Crippen LogP contribution in [0.2, 0.25) is 5.15 Å². The van der Waals surface area contributed by atoms with Crippen molar-refractivity contribution < 1.29 is 19.4 Å². The number of aromatic amines is 1. The van der Waals surface area contributed by atoms with Gasteiger partial charge in [0.05, 0.1) is 7.11 Å². The van der Waals surface area contributed by atoms with Gasteiger partial charge < -0.3 is 9.84 Å². The maximum Gasteiger partial charge on any atom is 0.359 e. The van der Waals surface area contributed by atoms with Crippen LogP contribution in [0, 0.1) is 0 Å². The highest BCUT2D eigenvalue weighted by Gasteiger charge is 2.24. The molecule has 0 unspecified atom stereocenters. The summed E-state index contributed by atoms with van der Waals surface area (Å²) in [5, 5.41) is 14.0. The average molecular weight is 205 g/mol. The molecule has 1 aromatic heterocycles. The van der Waals surface area contributed by atoms with E-state index >= 15 is 0 Å². The molecule has 0 radical (unpaired) electrons. The molecule has 6 nitrogen and oxygen atoms in total. The number of rotatable bonds is 2. The molecule has 0 aromatic carbocycles. The fourth-order valence-electron chi connectivity index (χ4n) is 0.760. The van der Waals surface area contributed by atoms with E-state index in [4.69, 9.17) is 16.7 Å². The van der Waals surface area contributed by atoms with Crippen LogP contribution < -0.4 is 0 Å². The van der Waals surface area contributed by atoms with E-state index in [1.807, 2.05) is 0 Å². The van der Waals surface area contributed by atoms with Crippen molar-refractivity contribution in [3.8, 4) is 0 Å². The Morgan fingerprint density at radius 1 is 1.62 bits per heavy atom. The molecule has 0 aliphatic carbocycles. The number of aromatic nitrogens is 2. The Morgan fingerprint density at radius 2 is 2.23 bits per heavy atom. The number of methoxy groups -OCH3 is 1. The molecule has 70 valence electrons. The predicted molar refractivity (Wildman–Crippen MR) is 41.9 cm³/mol. The summed E-state index contributed by atoms with van der Waals surface area (Å²) in [6, 6.07) is 0. The summed E-state index contributed by atoms with van der Waals surface area (Å²) in [5.74, 6) is -2.18. The van der Waals surface area contributed by atoms with Crippen molar-refractivity contribution in [3.63, 3.8) is 0 Å². The molecular formula is C6H5ClN2O4. The molecule has 1 rings (SSSR count). The van der Waals surface area contributed by atoms with E-state index in [0.29, 0.717) is 0 Å². The van der Waals surface area contributed by atoms with Crippen molar-refractivity contribution in [1.29, 1.82) is 0 Å². The van der Waals surface area contributed by atoms with Gasteiger partial charge in [-0.3, -0.25) is 5.10 Å². The standard InChI is InChI=1S/C6H5ClN2O4/c1-13-6(12)3-2(5(10)11)4(7)9-8-3/h1H3,(H,8,9)(H,10,11). The summed E-state index contributed by atoms with van der Waals surface area (Å²) in [7, 11) is 1.12. The second-order valence-corrected chi connectivity index (χ2v) is 2.44. The number of hydrogen-bond acceptors (Lipinski definition) is 4. The van der Waals surface area contributed by atoms with Gasteiger partial charge in [-0.1, -0.05) is 11.6 Å². The van der Waals surface area contributed by atoms with Crippen molar-refractivity contribution in [3.05, 3.63) is 16.4 Å². The van der Waals surface area contributed by atoms with E-state index in [0.717, 1.165) is 7.11 Å². The Bertz CT molecular complexity index is 360. The van der Waals surface area contributed by atoms with Gasteiger partial charge in [0.15, 0.2) is 5.69 Å². The maximum atomic E-state index is 10.9. The highest BCUT2D eigenvalue weighted by atomic mass is 35.5. The largest absolute Gasteiger partial charge is 0.477 e.